The lowest BCUT2D eigenvalue weighted by Crippen LogP contribution is -2.31. The minimum Gasteiger partial charge on any atom is -0.376 e. The Kier molecular flexibility index (Phi) is 3.81. The fraction of sp³-hybridized carbons (Fsp3) is 0.778. The van der Waals surface area contributed by atoms with E-state index in [1.807, 2.05) is 0 Å². The first-order valence-electron chi connectivity index (χ1n) is 4.19. The Labute approximate surface area is 87.5 Å². The second-order valence-corrected chi connectivity index (χ2v) is 4.32. The van der Waals surface area contributed by atoms with Crippen LogP contribution in [-0.2, 0) is 0 Å². The number of rotatable bonds is 3. The molecule has 1 N–H and O–H groups in total. The van der Waals surface area contributed by atoms with Crippen molar-refractivity contribution < 1.29 is 5.11 Å². The number of alkyl halides is 1. The fourth-order valence-electron chi connectivity index (χ4n) is 1.46. The molecular formula is C9H14INO. The minimum atomic E-state index is -0.842. The SMILES string of the molecule is C#CC1(O)CCN(CCCI)C1. The summed E-state index contributed by atoms with van der Waals surface area (Å²) in [6.45, 7) is 2.66. The molecule has 1 rings (SSSR count). The van der Waals surface area contributed by atoms with Crippen molar-refractivity contribution in [2.24, 2.45) is 0 Å². The van der Waals surface area contributed by atoms with E-state index in [-0.39, 0.29) is 0 Å². The summed E-state index contributed by atoms with van der Waals surface area (Å²) < 4.78 is 1.17. The van der Waals surface area contributed by atoms with E-state index in [1.54, 1.807) is 0 Å². The number of hydrogen-bond donors (Lipinski definition) is 1. The van der Waals surface area contributed by atoms with Crippen molar-refractivity contribution in [2.75, 3.05) is 24.1 Å². The summed E-state index contributed by atoms with van der Waals surface area (Å²) in [4.78, 5) is 2.23. The number of β-amino-alcohol motifs (C(OH)–C–C–N with tert-alkyl or cyclic N) is 1. The zero-order chi connectivity index (χ0) is 9.03. The van der Waals surface area contributed by atoms with Gasteiger partial charge in [0.1, 0.15) is 5.60 Å². The highest BCUT2D eigenvalue weighted by atomic mass is 127. The molecule has 1 saturated heterocycles. The van der Waals surface area contributed by atoms with Crippen LogP contribution in [0, 0.1) is 12.3 Å². The van der Waals surface area contributed by atoms with Gasteiger partial charge in [-0.25, -0.2) is 0 Å². The van der Waals surface area contributed by atoms with Crippen LogP contribution in [0.2, 0.25) is 0 Å². The molecule has 12 heavy (non-hydrogen) atoms. The molecule has 1 heterocycles. The standard InChI is InChI=1S/C9H14INO/c1-2-9(12)4-7-11(8-9)6-3-5-10/h1,12H,3-8H2. The smallest absolute Gasteiger partial charge is 0.139 e. The van der Waals surface area contributed by atoms with Crippen molar-refractivity contribution in [1.29, 1.82) is 0 Å². The van der Waals surface area contributed by atoms with Gasteiger partial charge in [0, 0.05) is 23.9 Å². The van der Waals surface area contributed by atoms with Crippen LogP contribution in [0.1, 0.15) is 12.8 Å². The number of halogens is 1. The van der Waals surface area contributed by atoms with Gasteiger partial charge in [-0.15, -0.1) is 6.42 Å². The maximum atomic E-state index is 9.69. The molecule has 0 aliphatic carbocycles. The van der Waals surface area contributed by atoms with Gasteiger partial charge < -0.3 is 5.11 Å². The van der Waals surface area contributed by atoms with Gasteiger partial charge in [-0.05, 0) is 13.0 Å². The van der Waals surface area contributed by atoms with Crippen molar-refractivity contribution >= 4 is 22.6 Å². The summed E-state index contributed by atoms with van der Waals surface area (Å²) >= 11 is 2.36. The summed E-state index contributed by atoms with van der Waals surface area (Å²) in [7, 11) is 0. The van der Waals surface area contributed by atoms with E-state index >= 15 is 0 Å². The molecule has 3 heteroatoms. The summed E-state index contributed by atoms with van der Waals surface area (Å²) in [5, 5.41) is 9.69. The highest BCUT2D eigenvalue weighted by molar-refractivity contribution is 14.1. The van der Waals surface area contributed by atoms with E-state index in [9.17, 15) is 5.11 Å². The van der Waals surface area contributed by atoms with Gasteiger partial charge in [-0.1, -0.05) is 28.5 Å². The van der Waals surface area contributed by atoms with Crippen molar-refractivity contribution in [2.45, 2.75) is 18.4 Å². The summed E-state index contributed by atoms with van der Waals surface area (Å²) in [5.74, 6) is 2.46. The van der Waals surface area contributed by atoms with Crippen molar-refractivity contribution in [3.05, 3.63) is 0 Å². The Morgan fingerprint density at radius 2 is 2.42 bits per heavy atom. The quantitative estimate of drug-likeness (QED) is 0.471. The van der Waals surface area contributed by atoms with Crippen LogP contribution in [0.15, 0.2) is 0 Å². The first-order valence-corrected chi connectivity index (χ1v) is 5.71. The fourth-order valence-corrected chi connectivity index (χ4v) is 1.80. The molecule has 68 valence electrons. The summed E-state index contributed by atoms with van der Waals surface area (Å²) in [6, 6.07) is 0. The molecule has 0 bridgehead atoms. The van der Waals surface area contributed by atoms with Crippen LogP contribution in [0.3, 0.4) is 0 Å². The molecule has 1 unspecified atom stereocenters. The van der Waals surface area contributed by atoms with Crippen LogP contribution in [0.4, 0.5) is 0 Å². The predicted molar refractivity (Wildman–Crippen MR) is 58.3 cm³/mol. The van der Waals surface area contributed by atoms with E-state index in [4.69, 9.17) is 6.42 Å². The molecule has 0 amide bonds. The molecular weight excluding hydrogens is 265 g/mol. The van der Waals surface area contributed by atoms with Gasteiger partial charge in [0.25, 0.3) is 0 Å². The third-order valence-corrected chi connectivity index (χ3v) is 2.97. The van der Waals surface area contributed by atoms with Crippen molar-refractivity contribution in [1.82, 2.24) is 4.90 Å². The van der Waals surface area contributed by atoms with E-state index in [1.165, 1.54) is 10.8 Å². The zero-order valence-corrected chi connectivity index (χ0v) is 9.25. The third kappa shape index (κ3) is 2.61. The highest BCUT2D eigenvalue weighted by Gasteiger charge is 2.33. The Bertz CT molecular complexity index is 189. The lowest BCUT2D eigenvalue weighted by atomic mass is 10.1. The topological polar surface area (TPSA) is 23.5 Å². The van der Waals surface area contributed by atoms with Gasteiger partial charge in [-0.2, -0.15) is 0 Å². The first-order chi connectivity index (χ1) is 5.70. The van der Waals surface area contributed by atoms with E-state index in [0.717, 1.165) is 19.5 Å². The molecule has 0 spiro atoms. The van der Waals surface area contributed by atoms with Gasteiger partial charge in [0.15, 0.2) is 0 Å². The van der Waals surface area contributed by atoms with E-state index in [2.05, 4.69) is 33.4 Å². The second-order valence-electron chi connectivity index (χ2n) is 3.24. The lowest BCUT2D eigenvalue weighted by Gasteiger charge is -2.17. The number of nitrogens with zero attached hydrogens (tertiary/aromatic N) is 1. The van der Waals surface area contributed by atoms with E-state index < -0.39 is 5.60 Å². The van der Waals surface area contributed by atoms with Gasteiger partial charge >= 0.3 is 0 Å². The van der Waals surface area contributed by atoms with Crippen molar-refractivity contribution in [3.63, 3.8) is 0 Å². The lowest BCUT2D eigenvalue weighted by molar-refractivity contribution is 0.109. The van der Waals surface area contributed by atoms with E-state index in [0.29, 0.717) is 6.54 Å². The molecule has 0 aromatic heterocycles. The minimum absolute atomic E-state index is 0.653. The van der Waals surface area contributed by atoms with Crippen molar-refractivity contribution in [3.8, 4) is 12.3 Å². The molecule has 1 aliphatic heterocycles. The molecule has 1 aliphatic rings. The average molecular weight is 279 g/mol. The van der Waals surface area contributed by atoms with Gasteiger partial charge in [0.2, 0.25) is 0 Å². The van der Waals surface area contributed by atoms with Gasteiger partial charge in [-0.3, -0.25) is 4.90 Å². The molecule has 2 nitrogen and oxygen atoms in total. The maximum Gasteiger partial charge on any atom is 0.139 e. The maximum absolute atomic E-state index is 9.69. The normalized spacial score (nSPS) is 30.4. The molecule has 0 radical (unpaired) electrons. The molecule has 0 aromatic carbocycles. The first kappa shape index (κ1) is 10.3. The Balaban J connectivity index is 2.31. The van der Waals surface area contributed by atoms with Crippen LogP contribution < -0.4 is 0 Å². The molecule has 0 aromatic rings. The van der Waals surface area contributed by atoms with Crippen LogP contribution in [0.5, 0.6) is 0 Å². The molecule has 1 atom stereocenters. The Morgan fingerprint density at radius 3 is 2.92 bits per heavy atom. The van der Waals surface area contributed by atoms with Gasteiger partial charge in [0.05, 0.1) is 0 Å². The second kappa shape index (κ2) is 4.45. The van der Waals surface area contributed by atoms with Crippen LogP contribution in [-0.4, -0.2) is 39.7 Å². The number of aliphatic hydroxyl groups is 1. The predicted octanol–water partition coefficient (Wildman–Crippen LogP) is 0.882. The third-order valence-electron chi connectivity index (χ3n) is 2.20. The number of likely N-dealkylation sites (tertiary alicyclic amines) is 1. The Hall–Kier alpha value is 0.210. The summed E-state index contributed by atoms with van der Waals surface area (Å²) in [6.07, 6.45) is 7.14. The molecule has 1 fully saturated rings. The highest BCUT2D eigenvalue weighted by Crippen LogP contribution is 2.20. The summed E-state index contributed by atoms with van der Waals surface area (Å²) in [5.41, 5.74) is -0.842. The number of terminal acetylenes is 1. The number of hydrogen-bond acceptors (Lipinski definition) is 2. The average Bonchev–Trinajstić information content (AvgIpc) is 2.45. The molecule has 0 saturated carbocycles. The monoisotopic (exact) mass is 279 g/mol. The largest absolute Gasteiger partial charge is 0.376 e. The Morgan fingerprint density at radius 1 is 1.67 bits per heavy atom. The van der Waals surface area contributed by atoms with Crippen LogP contribution in [0.25, 0.3) is 0 Å². The zero-order valence-electron chi connectivity index (χ0n) is 7.09. The van der Waals surface area contributed by atoms with Crippen LogP contribution >= 0.6 is 22.6 Å².